The molecule has 128 valence electrons. The van der Waals surface area contributed by atoms with Gasteiger partial charge in [0.05, 0.1) is 25.2 Å². The van der Waals surface area contributed by atoms with Crippen molar-refractivity contribution in [1.29, 1.82) is 0 Å². The van der Waals surface area contributed by atoms with Crippen molar-refractivity contribution < 1.29 is 23.0 Å². The van der Waals surface area contributed by atoms with Crippen LogP contribution < -0.4 is 5.32 Å². The van der Waals surface area contributed by atoms with Crippen LogP contribution in [0.2, 0.25) is 0 Å². The maximum Gasteiger partial charge on any atom is 0.433 e. The number of aliphatic hydroxyl groups excluding tert-OH is 1. The third-order valence-electron chi connectivity index (χ3n) is 3.73. The first-order valence-electron chi connectivity index (χ1n) is 7.21. The highest BCUT2D eigenvalue weighted by Gasteiger charge is 2.38. The number of nitrogens with zero attached hydrogens (tertiary/aromatic N) is 3. The van der Waals surface area contributed by atoms with Crippen LogP contribution in [0.5, 0.6) is 0 Å². The molecule has 2 aromatic heterocycles. The zero-order valence-corrected chi connectivity index (χ0v) is 12.5. The summed E-state index contributed by atoms with van der Waals surface area (Å²) in [5.74, 6) is -0.0285. The first-order chi connectivity index (χ1) is 11.4. The van der Waals surface area contributed by atoms with Crippen LogP contribution in [0.4, 0.5) is 19.0 Å². The molecule has 3 heterocycles. The topological polar surface area (TPSA) is 80.2 Å². The van der Waals surface area contributed by atoms with E-state index in [0.29, 0.717) is 18.8 Å². The van der Waals surface area contributed by atoms with Gasteiger partial charge in [-0.05, 0) is 12.1 Å². The Morgan fingerprint density at radius 2 is 2.08 bits per heavy atom. The molecule has 24 heavy (non-hydrogen) atoms. The van der Waals surface area contributed by atoms with Crippen LogP contribution in [0.1, 0.15) is 5.69 Å². The molecule has 0 bridgehead atoms. The van der Waals surface area contributed by atoms with Crippen molar-refractivity contribution >= 4 is 5.82 Å². The normalized spacial score (nSPS) is 16.5. The van der Waals surface area contributed by atoms with E-state index in [-0.39, 0.29) is 24.8 Å². The van der Waals surface area contributed by atoms with Crippen molar-refractivity contribution in [3.63, 3.8) is 0 Å². The molecule has 0 radical (unpaired) electrons. The first kappa shape index (κ1) is 16.6. The highest BCUT2D eigenvalue weighted by molar-refractivity contribution is 5.56. The SMILES string of the molecule is OCC1(CNc2cc(C(F)(F)F)nc(-c3cccnc3)n2)COC1. The Labute approximate surface area is 135 Å². The summed E-state index contributed by atoms with van der Waals surface area (Å²) < 4.78 is 44.3. The molecule has 1 aliphatic rings. The quantitative estimate of drug-likeness (QED) is 0.866. The summed E-state index contributed by atoms with van der Waals surface area (Å²) in [6.45, 7) is 0.837. The molecule has 0 amide bonds. The fourth-order valence-electron chi connectivity index (χ4n) is 2.23. The van der Waals surface area contributed by atoms with E-state index in [4.69, 9.17) is 4.74 Å². The first-order valence-corrected chi connectivity index (χ1v) is 7.21. The third-order valence-corrected chi connectivity index (χ3v) is 3.73. The summed E-state index contributed by atoms with van der Waals surface area (Å²) in [6, 6.07) is 4.03. The Kier molecular flexibility index (Phi) is 4.37. The van der Waals surface area contributed by atoms with Crippen LogP contribution in [-0.2, 0) is 10.9 Å². The molecule has 1 fully saturated rings. The van der Waals surface area contributed by atoms with E-state index < -0.39 is 17.3 Å². The summed E-state index contributed by atoms with van der Waals surface area (Å²) in [5, 5.41) is 12.2. The molecule has 2 N–H and O–H groups in total. The van der Waals surface area contributed by atoms with Gasteiger partial charge in [0.2, 0.25) is 0 Å². The molecule has 3 rings (SSSR count). The van der Waals surface area contributed by atoms with Crippen LogP contribution in [0, 0.1) is 5.41 Å². The third kappa shape index (κ3) is 3.46. The average Bonchev–Trinajstić information content (AvgIpc) is 2.54. The Hall–Kier alpha value is -2.26. The molecule has 1 saturated heterocycles. The number of rotatable bonds is 5. The summed E-state index contributed by atoms with van der Waals surface area (Å²) in [6.07, 6.45) is -1.68. The van der Waals surface area contributed by atoms with Gasteiger partial charge in [-0.15, -0.1) is 0 Å². The monoisotopic (exact) mass is 340 g/mol. The molecule has 6 nitrogen and oxygen atoms in total. The van der Waals surface area contributed by atoms with Crippen molar-refractivity contribution in [3.05, 3.63) is 36.3 Å². The molecule has 1 aliphatic heterocycles. The number of nitrogens with one attached hydrogen (secondary N) is 1. The minimum absolute atomic E-state index is 0.0379. The maximum atomic E-state index is 13.1. The smallest absolute Gasteiger partial charge is 0.396 e. The molecule has 2 aromatic rings. The fourth-order valence-corrected chi connectivity index (χ4v) is 2.23. The second-order valence-corrected chi connectivity index (χ2v) is 5.71. The number of aromatic nitrogens is 3. The molecule has 0 unspecified atom stereocenters. The molecule has 0 aliphatic carbocycles. The van der Waals surface area contributed by atoms with Gasteiger partial charge in [-0.2, -0.15) is 13.2 Å². The number of pyridine rings is 1. The summed E-state index contributed by atoms with van der Waals surface area (Å²) >= 11 is 0. The van der Waals surface area contributed by atoms with E-state index in [2.05, 4.69) is 20.3 Å². The average molecular weight is 340 g/mol. The number of hydrogen-bond donors (Lipinski definition) is 2. The lowest BCUT2D eigenvalue weighted by Crippen LogP contribution is -2.50. The molecular weight excluding hydrogens is 325 g/mol. The van der Waals surface area contributed by atoms with E-state index >= 15 is 0 Å². The molecule has 0 spiro atoms. The van der Waals surface area contributed by atoms with Crippen molar-refractivity contribution in [2.45, 2.75) is 6.18 Å². The van der Waals surface area contributed by atoms with Crippen molar-refractivity contribution in [3.8, 4) is 11.4 Å². The molecule has 0 atom stereocenters. The second-order valence-electron chi connectivity index (χ2n) is 5.71. The lowest BCUT2D eigenvalue weighted by molar-refractivity contribution is -0.141. The Morgan fingerprint density at radius 3 is 2.62 bits per heavy atom. The second kappa shape index (κ2) is 6.33. The standard InChI is InChI=1S/C15H15F3N4O2/c16-15(17,18)11-4-12(20-6-14(7-23)8-24-9-14)22-13(21-11)10-2-1-3-19-5-10/h1-5,23H,6-9H2,(H,20,21,22). The van der Waals surface area contributed by atoms with E-state index in [0.717, 1.165) is 6.07 Å². The lowest BCUT2D eigenvalue weighted by Gasteiger charge is -2.39. The van der Waals surface area contributed by atoms with Gasteiger partial charge in [-0.3, -0.25) is 4.98 Å². The molecule has 0 saturated carbocycles. The number of anilines is 1. The number of halogens is 3. The Bertz CT molecular complexity index is 700. The highest BCUT2D eigenvalue weighted by Crippen LogP contribution is 2.32. The number of aliphatic hydroxyl groups is 1. The van der Waals surface area contributed by atoms with Crippen molar-refractivity contribution in [1.82, 2.24) is 15.0 Å². The van der Waals surface area contributed by atoms with Crippen LogP contribution in [0.15, 0.2) is 30.6 Å². The summed E-state index contributed by atoms with van der Waals surface area (Å²) in [7, 11) is 0. The predicted molar refractivity (Wildman–Crippen MR) is 79.1 cm³/mol. The van der Waals surface area contributed by atoms with E-state index in [1.54, 1.807) is 12.1 Å². The zero-order valence-electron chi connectivity index (χ0n) is 12.5. The maximum absolute atomic E-state index is 13.1. The minimum atomic E-state index is -4.59. The van der Waals surface area contributed by atoms with Crippen LogP contribution >= 0.6 is 0 Å². The summed E-state index contributed by atoms with van der Waals surface area (Å²) in [5.41, 5.74) is -1.14. The Morgan fingerprint density at radius 1 is 1.29 bits per heavy atom. The molecule has 9 heteroatoms. The van der Waals surface area contributed by atoms with Gasteiger partial charge >= 0.3 is 6.18 Å². The van der Waals surface area contributed by atoms with Gasteiger partial charge in [0.25, 0.3) is 0 Å². The zero-order chi connectivity index (χ0) is 17.2. The highest BCUT2D eigenvalue weighted by atomic mass is 19.4. The van der Waals surface area contributed by atoms with Gasteiger partial charge in [0.15, 0.2) is 11.5 Å². The van der Waals surface area contributed by atoms with Crippen molar-refractivity contribution in [2.75, 3.05) is 31.7 Å². The van der Waals surface area contributed by atoms with E-state index in [1.807, 2.05) is 0 Å². The van der Waals surface area contributed by atoms with Crippen LogP contribution in [0.25, 0.3) is 11.4 Å². The predicted octanol–water partition coefficient (Wildman–Crippen LogP) is 1.98. The lowest BCUT2D eigenvalue weighted by atomic mass is 9.87. The van der Waals surface area contributed by atoms with Gasteiger partial charge in [0.1, 0.15) is 5.82 Å². The fraction of sp³-hybridized carbons (Fsp3) is 0.400. The number of ether oxygens (including phenoxy) is 1. The molecule has 0 aromatic carbocycles. The van der Waals surface area contributed by atoms with Gasteiger partial charge < -0.3 is 15.2 Å². The number of hydrogen-bond acceptors (Lipinski definition) is 6. The van der Waals surface area contributed by atoms with Crippen LogP contribution in [-0.4, -0.2) is 46.4 Å². The van der Waals surface area contributed by atoms with Crippen molar-refractivity contribution in [2.24, 2.45) is 5.41 Å². The van der Waals surface area contributed by atoms with E-state index in [9.17, 15) is 18.3 Å². The minimum Gasteiger partial charge on any atom is -0.396 e. The Balaban J connectivity index is 1.90. The summed E-state index contributed by atoms with van der Waals surface area (Å²) in [4.78, 5) is 11.6. The number of alkyl halides is 3. The van der Waals surface area contributed by atoms with Gasteiger partial charge in [0, 0.05) is 30.6 Å². The largest absolute Gasteiger partial charge is 0.433 e. The molecular formula is C15H15F3N4O2. The van der Waals surface area contributed by atoms with Gasteiger partial charge in [-0.1, -0.05) is 0 Å². The van der Waals surface area contributed by atoms with E-state index in [1.165, 1.54) is 12.4 Å². The van der Waals surface area contributed by atoms with Crippen LogP contribution in [0.3, 0.4) is 0 Å². The van der Waals surface area contributed by atoms with Gasteiger partial charge in [-0.25, -0.2) is 9.97 Å².